The molecule has 98 valence electrons. The average molecular weight is 246 g/mol. The van der Waals surface area contributed by atoms with E-state index in [2.05, 4.69) is 23.4 Å². The maximum Gasteiger partial charge on any atom is 0.142 e. The second-order valence-electron chi connectivity index (χ2n) is 5.77. The van der Waals surface area contributed by atoms with Crippen molar-refractivity contribution in [1.82, 2.24) is 9.78 Å². The van der Waals surface area contributed by atoms with Gasteiger partial charge < -0.3 is 5.32 Å². The first-order valence-corrected chi connectivity index (χ1v) is 6.73. The van der Waals surface area contributed by atoms with Gasteiger partial charge in [-0.25, -0.2) is 0 Å². The molecule has 0 unspecified atom stereocenters. The van der Waals surface area contributed by atoms with Gasteiger partial charge in [0.1, 0.15) is 17.5 Å². The van der Waals surface area contributed by atoms with Gasteiger partial charge in [-0.3, -0.25) is 4.68 Å². The Hall–Kier alpha value is -1.50. The topological polar surface area (TPSA) is 53.6 Å². The van der Waals surface area contributed by atoms with Gasteiger partial charge in [0.25, 0.3) is 0 Å². The molecule has 18 heavy (non-hydrogen) atoms. The molecule has 0 bridgehead atoms. The summed E-state index contributed by atoms with van der Waals surface area (Å²) in [5, 5.41) is 16.9. The molecule has 1 heterocycles. The molecule has 0 saturated heterocycles. The standard InChI is InChI=1S/C14H22N4/c1-11-12(9-15)13(18(3)17-11)16-10-14(2)7-5-4-6-8-14/h16H,4-8,10H2,1-3H3. The Balaban J connectivity index is 2.08. The highest BCUT2D eigenvalue weighted by Crippen LogP contribution is 2.36. The summed E-state index contributed by atoms with van der Waals surface area (Å²) in [7, 11) is 1.89. The van der Waals surface area contributed by atoms with Gasteiger partial charge in [0.05, 0.1) is 5.69 Å². The normalized spacial score (nSPS) is 18.3. The van der Waals surface area contributed by atoms with Crippen molar-refractivity contribution in [3.05, 3.63) is 11.3 Å². The molecule has 1 N–H and O–H groups in total. The summed E-state index contributed by atoms with van der Waals surface area (Å²) in [6.07, 6.45) is 6.57. The summed E-state index contributed by atoms with van der Waals surface area (Å²) in [5.74, 6) is 0.863. The number of aromatic nitrogens is 2. The van der Waals surface area contributed by atoms with E-state index in [-0.39, 0.29) is 0 Å². The number of hydrogen-bond donors (Lipinski definition) is 1. The van der Waals surface area contributed by atoms with Crippen LogP contribution < -0.4 is 5.32 Å². The Labute approximate surface area is 109 Å². The average Bonchev–Trinajstić information content (AvgIpc) is 2.61. The number of nitriles is 1. The molecule has 1 fully saturated rings. The molecule has 1 aromatic heterocycles. The van der Waals surface area contributed by atoms with Gasteiger partial charge >= 0.3 is 0 Å². The number of anilines is 1. The zero-order valence-corrected chi connectivity index (χ0v) is 11.6. The number of nitrogens with zero attached hydrogens (tertiary/aromatic N) is 3. The summed E-state index contributed by atoms with van der Waals surface area (Å²) < 4.78 is 1.78. The Bertz CT molecular complexity index is 461. The predicted molar refractivity (Wildman–Crippen MR) is 72.3 cm³/mol. The van der Waals surface area contributed by atoms with Gasteiger partial charge in [-0.2, -0.15) is 10.4 Å². The van der Waals surface area contributed by atoms with Gasteiger partial charge in [0.2, 0.25) is 0 Å². The lowest BCUT2D eigenvalue weighted by Crippen LogP contribution is -2.29. The van der Waals surface area contributed by atoms with Crippen LogP contribution in [0.3, 0.4) is 0 Å². The highest BCUT2D eigenvalue weighted by Gasteiger charge is 2.27. The van der Waals surface area contributed by atoms with Crippen LogP contribution in [0.1, 0.15) is 50.3 Å². The van der Waals surface area contributed by atoms with Crippen molar-refractivity contribution in [2.75, 3.05) is 11.9 Å². The molecule has 1 aromatic rings. The first kappa shape index (κ1) is 12.9. The number of nitrogens with one attached hydrogen (secondary N) is 1. The van der Waals surface area contributed by atoms with Crippen LogP contribution in [0, 0.1) is 23.7 Å². The van der Waals surface area contributed by atoms with Crippen LogP contribution in [0.25, 0.3) is 0 Å². The van der Waals surface area contributed by atoms with Crippen LogP contribution in [0.5, 0.6) is 0 Å². The summed E-state index contributed by atoms with van der Waals surface area (Å²) in [5.41, 5.74) is 1.84. The van der Waals surface area contributed by atoms with Gasteiger partial charge in [0, 0.05) is 13.6 Å². The number of rotatable bonds is 3. The Morgan fingerprint density at radius 1 is 1.39 bits per heavy atom. The molecular weight excluding hydrogens is 224 g/mol. The minimum Gasteiger partial charge on any atom is -0.369 e. The Morgan fingerprint density at radius 2 is 2.06 bits per heavy atom. The van der Waals surface area contributed by atoms with Crippen molar-refractivity contribution in [2.24, 2.45) is 12.5 Å². The number of hydrogen-bond acceptors (Lipinski definition) is 3. The molecule has 1 saturated carbocycles. The Kier molecular flexibility index (Phi) is 3.60. The van der Waals surface area contributed by atoms with Crippen LogP contribution in [-0.2, 0) is 7.05 Å². The van der Waals surface area contributed by atoms with Crippen LogP contribution in [0.2, 0.25) is 0 Å². The van der Waals surface area contributed by atoms with E-state index in [4.69, 9.17) is 0 Å². The smallest absolute Gasteiger partial charge is 0.142 e. The van der Waals surface area contributed by atoms with Crippen molar-refractivity contribution >= 4 is 5.82 Å². The lowest BCUT2D eigenvalue weighted by atomic mass is 9.76. The van der Waals surface area contributed by atoms with Crippen molar-refractivity contribution in [2.45, 2.75) is 46.0 Å². The third-order valence-electron chi connectivity index (χ3n) is 4.08. The molecule has 4 nitrogen and oxygen atoms in total. The third-order valence-corrected chi connectivity index (χ3v) is 4.08. The van der Waals surface area contributed by atoms with Crippen molar-refractivity contribution < 1.29 is 0 Å². The molecule has 2 rings (SSSR count). The molecule has 0 spiro atoms. The van der Waals surface area contributed by atoms with Crippen LogP contribution in [0.4, 0.5) is 5.82 Å². The minimum absolute atomic E-state index is 0.364. The van der Waals surface area contributed by atoms with Crippen molar-refractivity contribution in [3.8, 4) is 6.07 Å². The fourth-order valence-corrected chi connectivity index (χ4v) is 2.87. The third kappa shape index (κ3) is 2.50. The SMILES string of the molecule is Cc1nn(C)c(NCC2(C)CCCCC2)c1C#N. The van der Waals surface area contributed by atoms with E-state index in [0.29, 0.717) is 11.0 Å². The largest absolute Gasteiger partial charge is 0.369 e. The second kappa shape index (κ2) is 5.01. The monoisotopic (exact) mass is 246 g/mol. The quantitative estimate of drug-likeness (QED) is 0.892. The fraction of sp³-hybridized carbons (Fsp3) is 0.714. The van der Waals surface area contributed by atoms with Gasteiger partial charge in [-0.15, -0.1) is 0 Å². The van der Waals surface area contributed by atoms with Crippen molar-refractivity contribution in [3.63, 3.8) is 0 Å². The van der Waals surface area contributed by atoms with E-state index >= 15 is 0 Å². The molecule has 1 aliphatic rings. The van der Waals surface area contributed by atoms with Gasteiger partial charge in [-0.1, -0.05) is 26.2 Å². The summed E-state index contributed by atoms with van der Waals surface area (Å²) in [6.45, 7) is 5.15. The number of aryl methyl sites for hydroxylation is 2. The lowest BCUT2D eigenvalue weighted by molar-refractivity contribution is 0.233. The molecule has 0 aliphatic heterocycles. The van der Waals surface area contributed by atoms with Crippen LogP contribution in [-0.4, -0.2) is 16.3 Å². The van der Waals surface area contributed by atoms with E-state index in [1.54, 1.807) is 4.68 Å². The van der Waals surface area contributed by atoms with E-state index in [1.165, 1.54) is 32.1 Å². The zero-order chi connectivity index (χ0) is 13.2. The second-order valence-corrected chi connectivity index (χ2v) is 5.77. The van der Waals surface area contributed by atoms with Gasteiger partial charge in [0.15, 0.2) is 0 Å². The highest BCUT2D eigenvalue weighted by molar-refractivity contribution is 5.55. The van der Waals surface area contributed by atoms with Crippen LogP contribution in [0.15, 0.2) is 0 Å². The maximum absolute atomic E-state index is 9.17. The molecule has 1 aliphatic carbocycles. The highest BCUT2D eigenvalue weighted by atomic mass is 15.3. The molecule has 0 atom stereocenters. The van der Waals surface area contributed by atoms with E-state index in [0.717, 1.165) is 18.1 Å². The summed E-state index contributed by atoms with van der Waals surface area (Å²) in [4.78, 5) is 0. The summed E-state index contributed by atoms with van der Waals surface area (Å²) in [6, 6.07) is 2.24. The molecule has 0 aromatic carbocycles. The lowest BCUT2D eigenvalue weighted by Gasteiger charge is -2.34. The molecule has 0 amide bonds. The Morgan fingerprint density at radius 3 is 2.67 bits per heavy atom. The van der Waals surface area contributed by atoms with Crippen LogP contribution >= 0.6 is 0 Å². The fourth-order valence-electron chi connectivity index (χ4n) is 2.87. The van der Waals surface area contributed by atoms with E-state index in [9.17, 15) is 5.26 Å². The van der Waals surface area contributed by atoms with E-state index < -0.39 is 0 Å². The first-order valence-electron chi connectivity index (χ1n) is 6.73. The predicted octanol–water partition coefficient (Wildman–Crippen LogP) is 2.98. The molecule has 4 heteroatoms. The maximum atomic E-state index is 9.17. The molecule has 0 radical (unpaired) electrons. The molecular formula is C14H22N4. The zero-order valence-electron chi connectivity index (χ0n) is 11.6. The van der Waals surface area contributed by atoms with E-state index in [1.807, 2.05) is 14.0 Å². The summed E-state index contributed by atoms with van der Waals surface area (Å²) >= 11 is 0. The van der Waals surface area contributed by atoms with Crippen molar-refractivity contribution in [1.29, 1.82) is 5.26 Å². The first-order chi connectivity index (χ1) is 8.56. The minimum atomic E-state index is 0.364. The van der Waals surface area contributed by atoms with Gasteiger partial charge in [-0.05, 0) is 25.2 Å².